The highest BCUT2D eigenvalue weighted by Crippen LogP contribution is 2.19. The first kappa shape index (κ1) is 20.8. The molecule has 0 radical (unpaired) electrons. The van der Waals surface area contributed by atoms with Crippen molar-refractivity contribution < 1.29 is 17.4 Å². The van der Waals surface area contributed by atoms with Crippen molar-refractivity contribution in [3.05, 3.63) is 59.7 Å². The van der Waals surface area contributed by atoms with Crippen LogP contribution in [-0.2, 0) is 16.7 Å². The Kier molecular flexibility index (Phi) is 6.85. The van der Waals surface area contributed by atoms with Gasteiger partial charge in [-0.05, 0) is 49.6 Å². The zero-order chi connectivity index (χ0) is 20.0. The van der Waals surface area contributed by atoms with Gasteiger partial charge in [0.25, 0.3) is 0 Å². The van der Waals surface area contributed by atoms with Gasteiger partial charge in [-0.15, -0.1) is 0 Å². The van der Waals surface area contributed by atoms with Gasteiger partial charge in [-0.1, -0.05) is 37.3 Å². The van der Waals surface area contributed by atoms with Crippen LogP contribution in [0.2, 0.25) is 0 Å². The lowest BCUT2D eigenvalue weighted by atomic mass is 10.1. The number of amides is 2. The predicted molar refractivity (Wildman–Crippen MR) is 107 cm³/mol. The fourth-order valence-electron chi connectivity index (χ4n) is 2.57. The number of hydrogen-bond donors (Lipinski definition) is 1. The van der Waals surface area contributed by atoms with Crippen molar-refractivity contribution in [2.45, 2.75) is 39.8 Å². The summed E-state index contributed by atoms with van der Waals surface area (Å²) >= 11 is 0. The van der Waals surface area contributed by atoms with Crippen LogP contribution < -0.4 is 9.50 Å². The second kappa shape index (κ2) is 8.90. The van der Waals surface area contributed by atoms with E-state index in [1.807, 2.05) is 45.0 Å². The lowest BCUT2D eigenvalue weighted by Crippen LogP contribution is -2.40. The van der Waals surface area contributed by atoms with Crippen molar-refractivity contribution in [2.75, 3.05) is 11.6 Å². The first-order valence-corrected chi connectivity index (χ1v) is 10.6. The van der Waals surface area contributed by atoms with Crippen molar-refractivity contribution in [2.24, 2.45) is 0 Å². The number of nitrogens with zero attached hydrogens (tertiary/aromatic N) is 1. The average Bonchev–Trinajstić information content (AvgIpc) is 2.61. The molecule has 0 unspecified atom stereocenters. The van der Waals surface area contributed by atoms with Gasteiger partial charge in [0, 0.05) is 18.3 Å². The normalized spacial score (nSPS) is 12.3. The first-order valence-electron chi connectivity index (χ1n) is 8.81. The summed E-state index contributed by atoms with van der Waals surface area (Å²) in [6.45, 7) is 6.38. The number of nitrogens with one attached hydrogen (secondary N) is 1. The van der Waals surface area contributed by atoms with Crippen molar-refractivity contribution in [3.8, 4) is 5.75 Å². The predicted octanol–water partition coefficient (Wildman–Crippen LogP) is 4.17. The minimum absolute atomic E-state index is 0.0426. The van der Waals surface area contributed by atoms with Gasteiger partial charge in [-0.2, -0.15) is 8.42 Å². The molecule has 0 aliphatic heterocycles. The minimum Gasteiger partial charge on any atom is -0.383 e. The van der Waals surface area contributed by atoms with Crippen LogP contribution in [-0.4, -0.2) is 31.6 Å². The molecular formula is C20H26N2O4S. The van der Waals surface area contributed by atoms with Crippen molar-refractivity contribution >= 4 is 21.8 Å². The molecule has 146 valence electrons. The summed E-state index contributed by atoms with van der Waals surface area (Å²) in [7, 11) is -3.56. The molecule has 0 aromatic heterocycles. The van der Waals surface area contributed by atoms with E-state index in [-0.39, 0.29) is 17.8 Å². The largest absolute Gasteiger partial charge is 0.383 e. The number of rotatable bonds is 7. The standard InChI is InChI=1S/C20H26N2O4S/c1-5-16(3)22(20(23)21-19-9-7-6-8-15(19)2)14-17-10-12-18(13-11-17)26-27(4,24)25/h6-13,16H,5,14H2,1-4H3,(H,21,23)/t16-/m1/s1. The van der Waals surface area contributed by atoms with E-state index >= 15 is 0 Å². The lowest BCUT2D eigenvalue weighted by Gasteiger charge is -2.29. The quantitative estimate of drug-likeness (QED) is 0.720. The number of para-hydroxylation sites is 1. The van der Waals surface area contributed by atoms with E-state index in [1.54, 1.807) is 29.2 Å². The van der Waals surface area contributed by atoms with E-state index in [2.05, 4.69) is 5.32 Å². The van der Waals surface area contributed by atoms with E-state index in [0.717, 1.165) is 29.5 Å². The Morgan fingerprint density at radius 3 is 2.33 bits per heavy atom. The Morgan fingerprint density at radius 1 is 1.15 bits per heavy atom. The smallest absolute Gasteiger partial charge is 0.322 e. The number of hydrogen-bond acceptors (Lipinski definition) is 4. The summed E-state index contributed by atoms with van der Waals surface area (Å²) in [6, 6.07) is 14.2. The third-order valence-electron chi connectivity index (χ3n) is 4.29. The molecule has 0 bridgehead atoms. The molecule has 0 saturated heterocycles. The Morgan fingerprint density at radius 2 is 1.78 bits per heavy atom. The van der Waals surface area contributed by atoms with Gasteiger partial charge in [-0.3, -0.25) is 0 Å². The fraction of sp³-hybridized carbons (Fsp3) is 0.350. The molecule has 0 aliphatic rings. The highest BCUT2D eigenvalue weighted by molar-refractivity contribution is 7.86. The number of carbonyl (C=O) groups excluding carboxylic acids is 1. The Hall–Kier alpha value is -2.54. The Balaban J connectivity index is 2.14. The molecular weight excluding hydrogens is 364 g/mol. The summed E-state index contributed by atoms with van der Waals surface area (Å²) in [5.41, 5.74) is 2.67. The molecule has 1 N–H and O–H groups in total. The van der Waals surface area contributed by atoms with Gasteiger partial charge in [0.05, 0.1) is 6.26 Å². The number of benzene rings is 2. The van der Waals surface area contributed by atoms with E-state index in [1.165, 1.54) is 0 Å². The third kappa shape index (κ3) is 6.29. The first-order chi connectivity index (χ1) is 12.7. The maximum absolute atomic E-state index is 12.8. The lowest BCUT2D eigenvalue weighted by molar-refractivity contribution is 0.187. The molecule has 0 heterocycles. The third-order valence-corrected chi connectivity index (χ3v) is 4.79. The van der Waals surface area contributed by atoms with Gasteiger partial charge in [-0.25, -0.2) is 4.79 Å². The molecule has 0 fully saturated rings. The summed E-state index contributed by atoms with van der Waals surface area (Å²) in [5.74, 6) is 0.251. The van der Waals surface area contributed by atoms with E-state index in [9.17, 15) is 13.2 Å². The van der Waals surface area contributed by atoms with Gasteiger partial charge in [0.2, 0.25) is 0 Å². The van der Waals surface area contributed by atoms with Crippen LogP contribution in [0.25, 0.3) is 0 Å². The second-order valence-electron chi connectivity index (χ2n) is 6.56. The molecule has 0 aliphatic carbocycles. The molecule has 2 rings (SSSR count). The van der Waals surface area contributed by atoms with Crippen molar-refractivity contribution in [3.63, 3.8) is 0 Å². The number of urea groups is 1. The van der Waals surface area contributed by atoms with Gasteiger partial charge in [0.1, 0.15) is 5.75 Å². The van der Waals surface area contributed by atoms with Gasteiger partial charge >= 0.3 is 16.1 Å². The number of anilines is 1. The number of carbonyl (C=O) groups is 1. The molecule has 7 heteroatoms. The van der Waals surface area contributed by atoms with E-state index in [4.69, 9.17) is 4.18 Å². The molecule has 2 amide bonds. The second-order valence-corrected chi connectivity index (χ2v) is 8.14. The Bertz CT molecular complexity index is 879. The summed E-state index contributed by atoms with van der Waals surface area (Å²) in [4.78, 5) is 14.6. The number of aryl methyl sites for hydroxylation is 1. The van der Waals surface area contributed by atoms with E-state index < -0.39 is 10.1 Å². The van der Waals surface area contributed by atoms with Crippen molar-refractivity contribution in [1.29, 1.82) is 0 Å². The maximum Gasteiger partial charge on any atom is 0.322 e. The molecule has 2 aromatic rings. The highest BCUT2D eigenvalue weighted by Gasteiger charge is 2.20. The van der Waals surface area contributed by atoms with Gasteiger partial charge < -0.3 is 14.4 Å². The molecule has 27 heavy (non-hydrogen) atoms. The summed E-state index contributed by atoms with van der Waals surface area (Å²) in [6.07, 6.45) is 1.82. The van der Waals surface area contributed by atoms with Crippen LogP contribution in [0.5, 0.6) is 5.75 Å². The fourth-order valence-corrected chi connectivity index (χ4v) is 3.03. The summed E-state index contributed by atoms with van der Waals surface area (Å²) < 4.78 is 27.2. The monoisotopic (exact) mass is 390 g/mol. The zero-order valence-electron chi connectivity index (χ0n) is 16.1. The molecule has 1 atom stereocenters. The van der Waals surface area contributed by atoms with Crippen LogP contribution in [0.3, 0.4) is 0 Å². The van der Waals surface area contributed by atoms with Crippen LogP contribution >= 0.6 is 0 Å². The van der Waals surface area contributed by atoms with Crippen LogP contribution in [0.15, 0.2) is 48.5 Å². The van der Waals surface area contributed by atoms with Crippen molar-refractivity contribution in [1.82, 2.24) is 4.90 Å². The van der Waals surface area contributed by atoms with Crippen LogP contribution in [0.1, 0.15) is 31.4 Å². The molecule has 0 saturated carbocycles. The molecule has 6 nitrogen and oxygen atoms in total. The highest BCUT2D eigenvalue weighted by atomic mass is 32.2. The zero-order valence-corrected chi connectivity index (χ0v) is 16.9. The van der Waals surface area contributed by atoms with Gasteiger partial charge in [0.15, 0.2) is 0 Å². The van der Waals surface area contributed by atoms with Crippen LogP contribution in [0.4, 0.5) is 10.5 Å². The maximum atomic E-state index is 12.8. The van der Waals surface area contributed by atoms with E-state index in [0.29, 0.717) is 6.54 Å². The molecule has 0 spiro atoms. The summed E-state index contributed by atoms with van der Waals surface area (Å²) in [5, 5.41) is 2.97. The van der Waals surface area contributed by atoms with Crippen LogP contribution in [0, 0.1) is 6.92 Å². The Labute approximate surface area is 161 Å². The topological polar surface area (TPSA) is 75.7 Å². The average molecular weight is 391 g/mol. The minimum atomic E-state index is -3.56. The molecule has 2 aromatic carbocycles. The SMILES string of the molecule is CC[C@@H](C)N(Cc1ccc(OS(C)(=O)=O)cc1)C(=O)Nc1ccccc1C.